The molecule has 0 aromatic heterocycles. The number of hydrogen-bond acceptors (Lipinski definition) is 2. The Morgan fingerprint density at radius 3 is 2.53 bits per heavy atom. The minimum atomic E-state index is -0.170. The highest BCUT2D eigenvalue weighted by molar-refractivity contribution is 6.30. The summed E-state index contributed by atoms with van der Waals surface area (Å²) in [5, 5.41) is 6.17. The van der Waals surface area contributed by atoms with Crippen LogP contribution in [0.15, 0.2) is 24.3 Å². The molecular weight excluding hydrogens is 240 g/mol. The van der Waals surface area contributed by atoms with Crippen LogP contribution in [-0.2, 0) is 11.2 Å². The lowest BCUT2D eigenvalue weighted by atomic mass is 10.1. The average Bonchev–Trinajstić information content (AvgIpc) is 2.32. The summed E-state index contributed by atoms with van der Waals surface area (Å²) in [5.74, 6) is 0. The molecule has 0 aliphatic carbocycles. The summed E-state index contributed by atoms with van der Waals surface area (Å²) in [6.45, 7) is 1.63. The molecule has 4 nitrogen and oxygen atoms in total. The Labute approximate surface area is 106 Å². The fourth-order valence-corrected chi connectivity index (χ4v) is 1.43. The van der Waals surface area contributed by atoms with E-state index < -0.39 is 0 Å². The molecule has 0 heterocycles. The lowest BCUT2D eigenvalue weighted by Gasteiger charge is -2.07. The fraction of sp³-hybridized carbons (Fsp3) is 0.417. The van der Waals surface area contributed by atoms with E-state index in [-0.39, 0.29) is 6.03 Å². The van der Waals surface area contributed by atoms with Crippen molar-refractivity contribution in [1.82, 2.24) is 10.6 Å². The van der Waals surface area contributed by atoms with Gasteiger partial charge in [-0.3, -0.25) is 0 Å². The van der Waals surface area contributed by atoms with Gasteiger partial charge in [0, 0.05) is 25.2 Å². The Morgan fingerprint density at radius 1 is 1.24 bits per heavy atom. The van der Waals surface area contributed by atoms with Gasteiger partial charge in [-0.1, -0.05) is 23.7 Å². The van der Waals surface area contributed by atoms with E-state index in [0.29, 0.717) is 19.7 Å². The summed E-state index contributed by atoms with van der Waals surface area (Å²) in [5.41, 5.74) is 1.14. The Morgan fingerprint density at radius 2 is 1.88 bits per heavy atom. The first-order valence-corrected chi connectivity index (χ1v) is 5.85. The van der Waals surface area contributed by atoms with Crippen molar-refractivity contribution in [2.75, 3.05) is 26.8 Å². The van der Waals surface area contributed by atoms with Gasteiger partial charge in [-0.2, -0.15) is 0 Å². The van der Waals surface area contributed by atoms with Gasteiger partial charge in [-0.25, -0.2) is 4.79 Å². The smallest absolute Gasteiger partial charge is 0.314 e. The minimum absolute atomic E-state index is 0.170. The van der Waals surface area contributed by atoms with Gasteiger partial charge < -0.3 is 15.4 Å². The molecule has 2 amide bonds. The first kappa shape index (κ1) is 13.8. The van der Waals surface area contributed by atoms with Crippen molar-refractivity contribution in [3.63, 3.8) is 0 Å². The number of benzene rings is 1. The summed E-state index contributed by atoms with van der Waals surface area (Å²) in [7, 11) is 1.60. The molecule has 0 radical (unpaired) electrons. The molecule has 0 unspecified atom stereocenters. The third-order valence-electron chi connectivity index (χ3n) is 2.20. The van der Waals surface area contributed by atoms with Crippen molar-refractivity contribution in [3.8, 4) is 0 Å². The number of halogens is 1. The second kappa shape index (κ2) is 7.92. The number of amides is 2. The van der Waals surface area contributed by atoms with Crippen molar-refractivity contribution in [2.45, 2.75) is 6.42 Å². The van der Waals surface area contributed by atoms with Crippen molar-refractivity contribution in [1.29, 1.82) is 0 Å². The molecule has 0 bridgehead atoms. The van der Waals surface area contributed by atoms with Gasteiger partial charge in [0.1, 0.15) is 0 Å². The zero-order valence-corrected chi connectivity index (χ0v) is 10.6. The molecule has 17 heavy (non-hydrogen) atoms. The zero-order valence-electron chi connectivity index (χ0n) is 9.83. The van der Waals surface area contributed by atoms with Gasteiger partial charge in [0.2, 0.25) is 0 Å². The molecule has 94 valence electrons. The molecule has 1 rings (SSSR count). The Kier molecular flexibility index (Phi) is 6.43. The third-order valence-corrected chi connectivity index (χ3v) is 2.46. The molecule has 1 aromatic rings. The van der Waals surface area contributed by atoms with E-state index in [1.807, 2.05) is 24.3 Å². The molecule has 0 fully saturated rings. The maximum absolute atomic E-state index is 11.3. The SMILES string of the molecule is COCCNC(=O)NCCc1ccc(Cl)cc1. The molecule has 0 aliphatic heterocycles. The van der Waals surface area contributed by atoms with Crippen molar-refractivity contribution < 1.29 is 9.53 Å². The molecule has 5 heteroatoms. The quantitative estimate of drug-likeness (QED) is 0.763. The highest BCUT2D eigenvalue weighted by atomic mass is 35.5. The van der Waals surface area contributed by atoms with Crippen LogP contribution in [-0.4, -0.2) is 32.8 Å². The molecule has 0 aliphatic rings. The number of urea groups is 1. The fourth-order valence-electron chi connectivity index (χ4n) is 1.30. The first-order chi connectivity index (χ1) is 8.22. The maximum Gasteiger partial charge on any atom is 0.314 e. The van der Waals surface area contributed by atoms with Crippen LogP contribution in [0.3, 0.4) is 0 Å². The van der Waals surface area contributed by atoms with E-state index in [1.54, 1.807) is 7.11 Å². The predicted molar refractivity (Wildman–Crippen MR) is 68.4 cm³/mol. The predicted octanol–water partition coefficient (Wildman–Crippen LogP) is 1.83. The van der Waals surface area contributed by atoms with Crippen molar-refractivity contribution >= 4 is 17.6 Å². The lowest BCUT2D eigenvalue weighted by molar-refractivity contribution is 0.196. The van der Waals surface area contributed by atoms with Gasteiger partial charge in [0.05, 0.1) is 6.61 Å². The summed E-state index contributed by atoms with van der Waals surface area (Å²) in [6, 6.07) is 7.42. The van der Waals surface area contributed by atoms with E-state index in [0.717, 1.165) is 17.0 Å². The number of hydrogen-bond donors (Lipinski definition) is 2. The molecule has 0 saturated carbocycles. The molecule has 1 aromatic carbocycles. The normalized spacial score (nSPS) is 10.0. The van der Waals surface area contributed by atoms with E-state index in [4.69, 9.17) is 16.3 Å². The second-order valence-corrected chi connectivity index (χ2v) is 3.99. The van der Waals surface area contributed by atoms with Gasteiger partial charge >= 0.3 is 6.03 Å². The van der Waals surface area contributed by atoms with E-state index >= 15 is 0 Å². The van der Waals surface area contributed by atoms with E-state index in [2.05, 4.69) is 10.6 Å². The van der Waals surface area contributed by atoms with Crippen molar-refractivity contribution in [3.05, 3.63) is 34.9 Å². The molecule has 0 saturated heterocycles. The lowest BCUT2D eigenvalue weighted by Crippen LogP contribution is -2.38. The van der Waals surface area contributed by atoms with Crippen LogP contribution in [0, 0.1) is 0 Å². The van der Waals surface area contributed by atoms with Crippen LogP contribution < -0.4 is 10.6 Å². The summed E-state index contributed by atoms with van der Waals surface area (Å²) in [4.78, 5) is 11.3. The standard InChI is InChI=1S/C12H17ClN2O2/c1-17-9-8-15-12(16)14-7-6-10-2-4-11(13)5-3-10/h2-5H,6-9H2,1H3,(H2,14,15,16). The second-order valence-electron chi connectivity index (χ2n) is 3.55. The third kappa shape index (κ3) is 6.14. The topological polar surface area (TPSA) is 50.4 Å². The molecule has 2 N–H and O–H groups in total. The van der Waals surface area contributed by atoms with Crippen LogP contribution in [0.1, 0.15) is 5.56 Å². The minimum Gasteiger partial charge on any atom is -0.383 e. The number of methoxy groups -OCH3 is 1. The van der Waals surface area contributed by atoms with E-state index in [9.17, 15) is 4.79 Å². The highest BCUT2D eigenvalue weighted by Gasteiger charge is 1.98. The summed E-state index contributed by atoms with van der Waals surface area (Å²) < 4.78 is 4.82. The maximum atomic E-state index is 11.3. The van der Waals surface area contributed by atoms with Crippen LogP contribution in [0.5, 0.6) is 0 Å². The number of ether oxygens (including phenoxy) is 1. The van der Waals surface area contributed by atoms with E-state index in [1.165, 1.54) is 0 Å². The number of rotatable bonds is 6. The van der Waals surface area contributed by atoms with Gasteiger partial charge in [0.15, 0.2) is 0 Å². The number of nitrogens with one attached hydrogen (secondary N) is 2. The zero-order chi connectivity index (χ0) is 12.5. The first-order valence-electron chi connectivity index (χ1n) is 5.47. The molecular formula is C12H17ClN2O2. The summed E-state index contributed by atoms with van der Waals surface area (Å²) in [6.07, 6.45) is 0.787. The number of carbonyl (C=O) groups excluding carboxylic acids is 1. The van der Waals surface area contributed by atoms with Crippen molar-refractivity contribution in [2.24, 2.45) is 0 Å². The Hall–Kier alpha value is -1.26. The van der Waals surface area contributed by atoms with Gasteiger partial charge in [-0.15, -0.1) is 0 Å². The Balaban J connectivity index is 2.14. The average molecular weight is 257 g/mol. The Bertz CT molecular complexity index is 341. The van der Waals surface area contributed by atoms with Gasteiger partial charge in [-0.05, 0) is 24.1 Å². The van der Waals surface area contributed by atoms with Gasteiger partial charge in [0.25, 0.3) is 0 Å². The summed E-state index contributed by atoms with van der Waals surface area (Å²) >= 11 is 5.78. The molecule has 0 atom stereocenters. The van der Waals surface area contributed by atoms with Crippen LogP contribution in [0.25, 0.3) is 0 Å². The van der Waals surface area contributed by atoms with Crippen LogP contribution >= 0.6 is 11.6 Å². The van der Waals surface area contributed by atoms with Crippen LogP contribution in [0.2, 0.25) is 5.02 Å². The monoisotopic (exact) mass is 256 g/mol. The number of carbonyl (C=O) groups is 1. The molecule has 0 spiro atoms. The largest absolute Gasteiger partial charge is 0.383 e. The van der Waals surface area contributed by atoms with Crippen LogP contribution in [0.4, 0.5) is 4.79 Å². The highest BCUT2D eigenvalue weighted by Crippen LogP contribution is 2.09.